The third kappa shape index (κ3) is 4.32. The number of carbonyl (C=O) groups excluding carboxylic acids is 2. The number of carbonyl (C=O) groups is 3. The number of aliphatic carboxylic acids is 1. The van der Waals surface area contributed by atoms with Crippen LogP contribution in [-0.4, -0.2) is 47.2 Å². The zero-order valence-corrected chi connectivity index (χ0v) is 10.3. The molecule has 1 aromatic carbocycles. The Morgan fingerprint density at radius 3 is 2.45 bits per heavy atom. The number of hydrogen-bond acceptors (Lipinski definition) is 4. The molecule has 8 heteroatoms. The van der Waals surface area contributed by atoms with E-state index >= 15 is 0 Å². The Morgan fingerprint density at radius 1 is 1.25 bits per heavy atom. The van der Waals surface area contributed by atoms with Gasteiger partial charge in [-0.3, -0.25) is 9.59 Å². The second kappa shape index (κ2) is 7.19. The number of aliphatic hydroxyl groups is 1. The van der Waals surface area contributed by atoms with Crippen molar-refractivity contribution in [1.29, 1.82) is 0 Å². The molecule has 0 heterocycles. The summed E-state index contributed by atoms with van der Waals surface area (Å²) in [5.74, 6) is -3.74. The predicted octanol–water partition coefficient (Wildman–Crippen LogP) is -0.883. The number of carboxylic acid groups (broad SMARTS) is 1. The van der Waals surface area contributed by atoms with Crippen LogP contribution in [0.25, 0.3) is 0 Å². The van der Waals surface area contributed by atoms with Crippen molar-refractivity contribution in [1.82, 2.24) is 10.6 Å². The van der Waals surface area contributed by atoms with Gasteiger partial charge in [0.05, 0.1) is 18.7 Å². The van der Waals surface area contributed by atoms with Crippen LogP contribution in [0, 0.1) is 5.82 Å². The number of rotatable bonds is 6. The van der Waals surface area contributed by atoms with E-state index in [0.29, 0.717) is 0 Å². The normalized spacial score (nSPS) is 11.5. The van der Waals surface area contributed by atoms with E-state index in [1.165, 1.54) is 18.2 Å². The molecule has 0 fully saturated rings. The number of hydrogen-bond donors (Lipinski definition) is 4. The smallest absolute Gasteiger partial charge is 0.328 e. The molecule has 7 nitrogen and oxygen atoms in total. The molecule has 4 N–H and O–H groups in total. The Bertz CT molecular complexity index is 520. The third-order valence-electron chi connectivity index (χ3n) is 2.34. The number of amides is 2. The Hall–Kier alpha value is -2.48. The molecule has 1 aromatic rings. The minimum absolute atomic E-state index is 0.225. The van der Waals surface area contributed by atoms with Crippen molar-refractivity contribution < 1.29 is 29.0 Å². The Balaban J connectivity index is 2.51. The van der Waals surface area contributed by atoms with Gasteiger partial charge in [0.1, 0.15) is 11.9 Å². The summed E-state index contributed by atoms with van der Waals surface area (Å²) in [7, 11) is 0. The summed E-state index contributed by atoms with van der Waals surface area (Å²) in [5.41, 5.74) is -0.225. The first-order valence-corrected chi connectivity index (χ1v) is 5.61. The van der Waals surface area contributed by atoms with Gasteiger partial charge in [0.25, 0.3) is 5.91 Å². The number of nitrogens with one attached hydrogen (secondary N) is 2. The van der Waals surface area contributed by atoms with Crippen molar-refractivity contribution in [3.05, 3.63) is 35.6 Å². The molecule has 20 heavy (non-hydrogen) atoms. The van der Waals surface area contributed by atoms with Crippen LogP contribution < -0.4 is 10.6 Å². The van der Waals surface area contributed by atoms with Gasteiger partial charge in [-0.1, -0.05) is 12.1 Å². The highest BCUT2D eigenvalue weighted by molar-refractivity contribution is 5.97. The maximum atomic E-state index is 13.3. The number of carboxylic acids is 1. The van der Waals surface area contributed by atoms with Crippen LogP contribution in [0.15, 0.2) is 24.3 Å². The van der Waals surface area contributed by atoms with Gasteiger partial charge in [-0.2, -0.15) is 0 Å². The van der Waals surface area contributed by atoms with Gasteiger partial charge in [0, 0.05) is 0 Å². The zero-order chi connectivity index (χ0) is 15.1. The SMILES string of the molecule is O=C(CNC(=O)c1ccccc1F)NC(CO)C(=O)O. The van der Waals surface area contributed by atoms with E-state index in [2.05, 4.69) is 5.32 Å². The van der Waals surface area contributed by atoms with Crippen molar-refractivity contribution in [2.45, 2.75) is 6.04 Å². The molecule has 0 radical (unpaired) electrons. The van der Waals surface area contributed by atoms with Gasteiger partial charge < -0.3 is 20.8 Å². The van der Waals surface area contributed by atoms with Crippen molar-refractivity contribution in [3.8, 4) is 0 Å². The molecule has 0 aliphatic rings. The predicted molar refractivity (Wildman–Crippen MR) is 65.4 cm³/mol. The monoisotopic (exact) mass is 284 g/mol. The van der Waals surface area contributed by atoms with Gasteiger partial charge in [0.2, 0.25) is 5.91 Å². The molecule has 0 spiro atoms. The van der Waals surface area contributed by atoms with Crippen LogP contribution in [0.3, 0.4) is 0 Å². The van der Waals surface area contributed by atoms with Gasteiger partial charge >= 0.3 is 5.97 Å². The summed E-state index contributed by atoms with van der Waals surface area (Å²) in [6.07, 6.45) is 0. The largest absolute Gasteiger partial charge is 0.480 e. The Labute approximate surface area is 113 Å². The van der Waals surface area contributed by atoms with Crippen molar-refractivity contribution >= 4 is 17.8 Å². The topological polar surface area (TPSA) is 116 Å². The molecule has 2 amide bonds. The highest BCUT2D eigenvalue weighted by Crippen LogP contribution is 2.05. The van der Waals surface area contributed by atoms with E-state index in [4.69, 9.17) is 10.2 Å². The maximum absolute atomic E-state index is 13.3. The van der Waals surface area contributed by atoms with Crippen LogP contribution in [0.5, 0.6) is 0 Å². The summed E-state index contributed by atoms with van der Waals surface area (Å²) in [5, 5.41) is 21.4. The maximum Gasteiger partial charge on any atom is 0.328 e. The molecule has 0 saturated carbocycles. The first kappa shape index (κ1) is 15.6. The lowest BCUT2D eigenvalue weighted by Crippen LogP contribution is -2.47. The summed E-state index contributed by atoms with van der Waals surface area (Å²) in [6, 6.07) is 3.77. The third-order valence-corrected chi connectivity index (χ3v) is 2.34. The van der Waals surface area contributed by atoms with Crippen molar-refractivity contribution in [2.75, 3.05) is 13.2 Å². The number of halogens is 1. The zero-order valence-electron chi connectivity index (χ0n) is 10.3. The molecular weight excluding hydrogens is 271 g/mol. The second-order valence-electron chi connectivity index (χ2n) is 3.80. The first-order valence-electron chi connectivity index (χ1n) is 5.61. The molecule has 108 valence electrons. The fraction of sp³-hybridized carbons (Fsp3) is 0.250. The second-order valence-corrected chi connectivity index (χ2v) is 3.80. The molecule has 1 unspecified atom stereocenters. The van der Waals surface area contributed by atoms with Crippen molar-refractivity contribution in [2.24, 2.45) is 0 Å². The molecule has 0 aliphatic heterocycles. The summed E-state index contributed by atoms with van der Waals surface area (Å²) < 4.78 is 13.3. The van der Waals surface area contributed by atoms with Crippen LogP contribution >= 0.6 is 0 Å². The lowest BCUT2D eigenvalue weighted by molar-refractivity contribution is -0.142. The number of benzene rings is 1. The van der Waals surface area contributed by atoms with Crippen LogP contribution in [-0.2, 0) is 9.59 Å². The van der Waals surface area contributed by atoms with Gasteiger partial charge in [0.15, 0.2) is 0 Å². The Morgan fingerprint density at radius 2 is 1.90 bits per heavy atom. The lowest BCUT2D eigenvalue weighted by Gasteiger charge is -2.12. The van der Waals surface area contributed by atoms with E-state index in [-0.39, 0.29) is 5.56 Å². The average Bonchev–Trinajstić information content (AvgIpc) is 2.42. The molecule has 0 saturated heterocycles. The van der Waals surface area contributed by atoms with Gasteiger partial charge in [-0.15, -0.1) is 0 Å². The quantitative estimate of drug-likeness (QED) is 0.541. The van der Waals surface area contributed by atoms with Gasteiger partial charge in [-0.25, -0.2) is 9.18 Å². The molecule has 1 rings (SSSR count). The van der Waals surface area contributed by atoms with E-state index in [0.717, 1.165) is 6.07 Å². The minimum atomic E-state index is -1.45. The molecule has 1 atom stereocenters. The average molecular weight is 284 g/mol. The van der Waals surface area contributed by atoms with Crippen molar-refractivity contribution in [3.63, 3.8) is 0 Å². The summed E-state index contributed by atoms with van der Waals surface area (Å²) >= 11 is 0. The highest BCUT2D eigenvalue weighted by Gasteiger charge is 2.19. The standard InChI is InChI=1S/C12H13FN2O5/c13-8-4-2-1-3-7(8)11(18)14-5-10(17)15-9(6-16)12(19)20/h1-4,9,16H,5-6H2,(H,14,18)(H,15,17)(H,19,20). The summed E-state index contributed by atoms with van der Waals surface area (Å²) in [6.45, 7) is -1.31. The Kier molecular flexibility index (Phi) is 5.60. The summed E-state index contributed by atoms with van der Waals surface area (Å²) in [4.78, 5) is 33.5. The highest BCUT2D eigenvalue weighted by atomic mass is 19.1. The fourth-order valence-electron chi connectivity index (χ4n) is 1.33. The molecule has 0 aromatic heterocycles. The molecule has 0 bridgehead atoms. The van der Waals surface area contributed by atoms with E-state index in [9.17, 15) is 18.8 Å². The number of aliphatic hydroxyl groups excluding tert-OH is 1. The molecule has 0 aliphatic carbocycles. The van der Waals surface area contributed by atoms with Crippen LogP contribution in [0.2, 0.25) is 0 Å². The fourth-order valence-corrected chi connectivity index (χ4v) is 1.33. The van der Waals surface area contributed by atoms with E-state index < -0.39 is 42.8 Å². The first-order chi connectivity index (χ1) is 9.45. The van der Waals surface area contributed by atoms with Crippen LogP contribution in [0.1, 0.15) is 10.4 Å². The minimum Gasteiger partial charge on any atom is -0.480 e. The van der Waals surface area contributed by atoms with E-state index in [1.54, 1.807) is 0 Å². The van der Waals surface area contributed by atoms with Gasteiger partial charge in [-0.05, 0) is 12.1 Å². The lowest BCUT2D eigenvalue weighted by atomic mass is 10.2. The molecular formula is C12H13FN2O5. The van der Waals surface area contributed by atoms with Crippen LogP contribution in [0.4, 0.5) is 4.39 Å². The van der Waals surface area contributed by atoms with E-state index in [1.807, 2.05) is 5.32 Å².